The van der Waals surface area contributed by atoms with Crippen LogP contribution in [0.1, 0.15) is 32.3 Å². The maximum Gasteiger partial charge on any atom is 0.322 e. The third kappa shape index (κ3) is 4.09. The van der Waals surface area contributed by atoms with Crippen LogP contribution in [0.4, 0.5) is 35.9 Å². The molecule has 0 aliphatic heterocycles. The number of hydrogen-bond donors (Lipinski definition) is 1. The number of anilines is 2. The quantitative estimate of drug-likeness (QED) is 0.405. The first-order valence-electron chi connectivity index (χ1n) is 7.56. The summed E-state index contributed by atoms with van der Waals surface area (Å²) in [4.78, 5) is 22.1. The van der Waals surface area contributed by atoms with Crippen molar-refractivity contribution in [3.05, 3.63) is 31.9 Å². The molecule has 0 unspecified atom stereocenters. The van der Waals surface area contributed by atoms with Crippen molar-refractivity contribution in [3.63, 3.8) is 0 Å². The summed E-state index contributed by atoms with van der Waals surface area (Å²) < 4.78 is 40.1. The van der Waals surface area contributed by atoms with Crippen LogP contribution < -0.4 is 10.6 Å². The largest absolute Gasteiger partial charge is 0.393 e. The highest BCUT2D eigenvalue weighted by atomic mass is 19.3. The van der Waals surface area contributed by atoms with Crippen LogP contribution in [-0.4, -0.2) is 29.6 Å². The molecular weight excluding hydrogens is 345 g/mol. The highest BCUT2D eigenvalue weighted by molar-refractivity contribution is 5.86. The van der Waals surface area contributed by atoms with Crippen LogP contribution in [0.3, 0.4) is 0 Å². The molecule has 0 radical (unpaired) electrons. The molecule has 0 amide bonds. The third-order valence-corrected chi connectivity index (χ3v) is 3.54. The van der Waals surface area contributed by atoms with E-state index in [1.165, 1.54) is 4.90 Å². The van der Waals surface area contributed by atoms with E-state index in [1.54, 1.807) is 13.8 Å². The lowest BCUT2D eigenvalue weighted by Gasteiger charge is -2.25. The molecule has 8 nitrogen and oxygen atoms in total. The van der Waals surface area contributed by atoms with Crippen LogP contribution in [0.15, 0.2) is 6.07 Å². The molecule has 2 N–H and O–H groups in total. The van der Waals surface area contributed by atoms with Gasteiger partial charge in [0.2, 0.25) is 0 Å². The summed E-state index contributed by atoms with van der Waals surface area (Å²) in [5.41, 5.74) is 0.948. The highest BCUT2D eigenvalue weighted by Gasteiger charge is 2.42. The van der Waals surface area contributed by atoms with E-state index in [0.29, 0.717) is 18.9 Å². The Morgan fingerprint density at radius 3 is 2.04 bits per heavy atom. The first-order chi connectivity index (χ1) is 11.6. The summed E-state index contributed by atoms with van der Waals surface area (Å²) in [5.74, 6) is -4.17. The molecule has 1 aromatic carbocycles. The second-order valence-corrected chi connectivity index (χ2v) is 5.39. The summed E-state index contributed by atoms with van der Waals surface area (Å²) in [6.07, 6.45) is 1.02. The van der Waals surface area contributed by atoms with E-state index in [9.17, 15) is 33.4 Å². The number of halogens is 3. The van der Waals surface area contributed by atoms with Gasteiger partial charge in [-0.05, 0) is 12.8 Å². The predicted molar refractivity (Wildman–Crippen MR) is 86.8 cm³/mol. The number of alkyl halides is 3. The molecular formula is C14H19F3N4O4. The van der Waals surface area contributed by atoms with Crippen molar-refractivity contribution < 1.29 is 23.0 Å². The van der Waals surface area contributed by atoms with E-state index in [2.05, 4.69) is 0 Å². The van der Waals surface area contributed by atoms with E-state index in [4.69, 9.17) is 5.73 Å². The number of hydrogen-bond acceptors (Lipinski definition) is 6. The number of nitrogens with two attached hydrogens (primary N) is 1. The number of nitro groups is 2. The van der Waals surface area contributed by atoms with Gasteiger partial charge in [-0.3, -0.25) is 20.2 Å². The average Bonchev–Trinajstić information content (AvgIpc) is 2.53. The van der Waals surface area contributed by atoms with Gasteiger partial charge in [0.15, 0.2) is 12.4 Å². The fraction of sp³-hybridized carbons (Fsp3) is 0.571. The molecule has 0 bridgehead atoms. The van der Waals surface area contributed by atoms with E-state index in [1.807, 2.05) is 0 Å². The monoisotopic (exact) mass is 364 g/mol. The highest BCUT2D eigenvalue weighted by Crippen LogP contribution is 2.48. The standard InChI is InChI=1S/C14H19F3N4O4/c1-3-5-19(6-4-2)12-10(20(22)23)7-9(14(16,17)8-15)11(18)13(12)21(24)25/h7H,3-6,8,18H2,1-2H3. The number of benzene rings is 1. The Hall–Kier alpha value is -2.59. The van der Waals surface area contributed by atoms with Gasteiger partial charge >= 0.3 is 11.6 Å². The van der Waals surface area contributed by atoms with Gasteiger partial charge in [0.25, 0.3) is 5.69 Å². The number of rotatable bonds is 9. The fourth-order valence-electron chi connectivity index (χ4n) is 2.54. The van der Waals surface area contributed by atoms with Gasteiger partial charge in [0.1, 0.15) is 5.69 Å². The fourth-order valence-corrected chi connectivity index (χ4v) is 2.54. The second kappa shape index (κ2) is 7.99. The summed E-state index contributed by atoms with van der Waals surface area (Å²) >= 11 is 0. The molecule has 1 aromatic rings. The smallest absolute Gasteiger partial charge is 0.322 e. The Labute approximate surface area is 141 Å². The van der Waals surface area contributed by atoms with E-state index >= 15 is 0 Å². The maximum absolute atomic E-state index is 13.7. The third-order valence-electron chi connectivity index (χ3n) is 3.54. The molecule has 0 fully saturated rings. The number of nitrogens with zero attached hydrogens (tertiary/aromatic N) is 3. The van der Waals surface area contributed by atoms with E-state index < -0.39 is 50.8 Å². The van der Waals surface area contributed by atoms with Gasteiger partial charge < -0.3 is 10.6 Å². The molecule has 0 aromatic heterocycles. The van der Waals surface area contributed by atoms with Crippen molar-refractivity contribution in [1.82, 2.24) is 0 Å². The van der Waals surface area contributed by atoms with Gasteiger partial charge in [0, 0.05) is 19.2 Å². The zero-order valence-electron chi connectivity index (χ0n) is 13.8. The summed E-state index contributed by atoms with van der Waals surface area (Å²) in [5, 5.41) is 22.8. The van der Waals surface area contributed by atoms with E-state index in [-0.39, 0.29) is 13.1 Å². The van der Waals surface area contributed by atoms with Gasteiger partial charge in [-0.1, -0.05) is 13.8 Å². The Bertz CT molecular complexity index is 664. The van der Waals surface area contributed by atoms with Crippen molar-refractivity contribution >= 4 is 22.7 Å². The van der Waals surface area contributed by atoms with Crippen LogP contribution in [0.5, 0.6) is 0 Å². The lowest BCUT2D eigenvalue weighted by Crippen LogP contribution is -2.28. The minimum atomic E-state index is -4.17. The first-order valence-corrected chi connectivity index (χ1v) is 7.56. The summed E-state index contributed by atoms with van der Waals surface area (Å²) in [7, 11) is 0. The average molecular weight is 364 g/mol. The van der Waals surface area contributed by atoms with Crippen LogP contribution in [0, 0.1) is 20.2 Å². The van der Waals surface area contributed by atoms with Gasteiger partial charge in [-0.25, -0.2) is 4.39 Å². The van der Waals surface area contributed by atoms with Gasteiger partial charge in [-0.15, -0.1) is 0 Å². The molecule has 0 aliphatic carbocycles. The van der Waals surface area contributed by atoms with Crippen molar-refractivity contribution in [2.45, 2.75) is 32.6 Å². The maximum atomic E-state index is 13.7. The van der Waals surface area contributed by atoms with Crippen molar-refractivity contribution in [3.8, 4) is 0 Å². The molecule has 0 aliphatic rings. The minimum absolute atomic E-state index is 0.230. The Balaban J connectivity index is 3.89. The SMILES string of the molecule is CCCN(CCC)c1c([N+](=O)[O-])cc(C(F)(F)CF)c(N)c1[N+](=O)[O-]. The molecule has 0 heterocycles. The van der Waals surface area contributed by atoms with Gasteiger partial charge in [-0.2, -0.15) is 8.78 Å². The zero-order valence-corrected chi connectivity index (χ0v) is 13.8. The lowest BCUT2D eigenvalue weighted by molar-refractivity contribution is -0.392. The summed E-state index contributed by atoms with van der Waals surface area (Å²) in [6, 6.07) is 0.426. The Morgan fingerprint density at radius 1 is 1.16 bits per heavy atom. The second-order valence-electron chi connectivity index (χ2n) is 5.39. The lowest BCUT2D eigenvalue weighted by atomic mass is 10.0. The zero-order chi connectivity index (χ0) is 19.4. The number of nitro benzene ring substituents is 2. The van der Waals surface area contributed by atoms with Crippen LogP contribution in [-0.2, 0) is 5.92 Å². The van der Waals surface area contributed by atoms with Crippen LogP contribution in [0.2, 0.25) is 0 Å². The van der Waals surface area contributed by atoms with E-state index in [0.717, 1.165) is 0 Å². The first kappa shape index (κ1) is 20.5. The predicted octanol–water partition coefficient (Wildman–Crippen LogP) is 3.77. The van der Waals surface area contributed by atoms with Gasteiger partial charge in [0.05, 0.1) is 15.4 Å². The molecule has 11 heteroatoms. The molecule has 0 saturated heterocycles. The molecule has 0 atom stereocenters. The normalized spacial score (nSPS) is 11.4. The van der Waals surface area contributed by atoms with Crippen molar-refractivity contribution in [1.29, 1.82) is 0 Å². The Morgan fingerprint density at radius 2 is 1.68 bits per heavy atom. The molecule has 140 valence electrons. The Kier molecular flexibility index (Phi) is 6.54. The molecule has 1 rings (SSSR count). The van der Waals surface area contributed by atoms with Crippen molar-refractivity contribution in [2.24, 2.45) is 0 Å². The minimum Gasteiger partial charge on any atom is -0.393 e. The number of nitrogen functional groups attached to an aromatic ring is 1. The van der Waals surface area contributed by atoms with Crippen LogP contribution >= 0.6 is 0 Å². The van der Waals surface area contributed by atoms with Crippen LogP contribution in [0.25, 0.3) is 0 Å². The van der Waals surface area contributed by atoms with Crippen molar-refractivity contribution in [2.75, 3.05) is 30.4 Å². The topological polar surface area (TPSA) is 116 Å². The molecule has 0 spiro atoms. The molecule has 0 saturated carbocycles. The molecule has 25 heavy (non-hydrogen) atoms. The summed E-state index contributed by atoms with van der Waals surface area (Å²) in [6.45, 7) is 1.80.